The van der Waals surface area contributed by atoms with Gasteiger partial charge in [-0.15, -0.1) is 0 Å². The summed E-state index contributed by atoms with van der Waals surface area (Å²) < 4.78 is 24.8. The molecule has 18 heavy (non-hydrogen) atoms. The smallest absolute Gasteiger partial charge is 0.257 e. The van der Waals surface area contributed by atoms with Gasteiger partial charge in [0.15, 0.2) is 0 Å². The zero-order chi connectivity index (χ0) is 13.8. The molecule has 0 unspecified atom stereocenters. The first-order valence-electron chi connectivity index (χ1n) is 5.40. The van der Waals surface area contributed by atoms with E-state index < -0.39 is 21.2 Å². The normalized spacial score (nSPS) is 11.9. The van der Waals surface area contributed by atoms with Crippen molar-refractivity contribution >= 4 is 27.7 Å². The maximum Gasteiger partial charge on any atom is 0.257 e. The highest BCUT2D eigenvalue weighted by molar-refractivity contribution is 7.90. The zero-order valence-electron chi connectivity index (χ0n) is 10.3. The number of amides is 1. The van der Waals surface area contributed by atoms with Gasteiger partial charge in [-0.05, 0) is 37.6 Å². The molecule has 6 heteroatoms. The number of hydrogen-bond donors (Lipinski definition) is 2. The molecule has 98 valence electrons. The minimum atomic E-state index is -3.58. The summed E-state index contributed by atoms with van der Waals surface area (Å²) in [5, 5.41) is -0.647. The number of hydrogen-bond acceptors (Lipinski definition) is 4. The monoisotopic (exact) mass is 268 g/mol. The van der Waals surface area contributed by atoms with Crippen LogP contribution in [-0.2, 0) is 14.8 Å². The van der Waals surface area contributed by atoms with Gasteiger partial charge in [-0.2, -0.15) is 0 Å². The number of nitrogens with one attached hydrogen (secondary N) is 1. The number of carbonyl (C=O) groups excluding carboxylic acids is 1. The molecule has 0 saturated heterocycles. The van der Waals surface area contributed by atoms with Crippen LogP contribution in [0.15, 0.2) is 30.3 Å². The molecular formula is C12H16N2O3S. The Morgan fingerprint density at radius 3 is 2.33 bits per heavy atom. The molecule has 0 fully saturated rings. The topological polar surface area (TPSA) is 89.3 Å². The van der Waals surface area contributed by atoms with E-state index in [0.717, 1.165) is 5.56 Å². The minimum Gasteiger partial charge on any atom is -0.399 e. The maximum absolute atomic E-state index is 11.4. The summed E-state index contributed by atoms with van der Waals surface area (Å²) in [5.74, 6) is -0.666. The predicted octanol–water partition coefficient (Wildman–Crippen LogP) is 1.14. The third-order valence-corrected chi connectivity index (χ3v) is 3.95. The van der Waals surface area contributed by atoms with Crippen molar-refractivity contribution in [3.8, 4) is 0 Å². The lowest BCUT2D eigenvalue weighted by molar-refractivity contribution is -0.114. The average molecular weight is 268 g/mol. The van der Waals surface area contributed by atoms with E-state index in [0.29, 0.717) is 5.69 Å². The van der Waals surface area contributed by atoms with Crippen molar-refractivity contribution in [3.05, 3.63) is 35.9 Å². The van der Waals surface area contributed by atoms with E-state index in [1.807, 2.05) is 4.72 Å². The fourth-order valence-corrected chi connectivity index (χ4v) is 1.66. The van der Waals surface area contributed by atoms with Crippen LogP contribution in [0.4, 0.5) is 5.69 Å². The van der Waals surface area contributed by atoms with E-state index in [1.165, 1.54) is 26.0 Å². The van der Waals surface area contributed by atoms with Crippen LogP contribution in [0.25, 0.3) is 6.08 Å². The van der Waals surface area contributed by atoms with Crippen molar-refractivity contribution in [2.75, 3.05) is 5.73 Å². The second-order valence-corrected chi connectivity index (χ2v) is 6.30. The summed E-state index contributed by atoms with van der Waals surface area (Å²) in [5.41, 5.74) is 6.91. The molecule has 0 aliphatic rings. The Morgan fingerprint density at radius 1 is 1.28 bits per heavy atom. The first-order chi connectivity index (χ1) is 8.31. The van der Waals surface area contributed by atoms with Crippen LogP contribution in [0.1, 0.15) is 19.4 Å². The molecular weight excluding hydrogens is 252 g/mol. The Kier molecular flexibility index (Phi) is 4.49. The van der Waals surface area contributed by atoms with Crippen LogP contribution in [-0.4, -0.2) is 19.6 Å². The molecule has 0 saturated carbocycles. The molecule has 1 amide bonds. The van der Waals surface area contributed by atoms with Crippen LogP contribution in [0.3, 0.4) is 0 Å². The predicted molar refractivity (Wildman–Crippen MR) is 72.1 cm³/mol. The van der Waals surface area contributed by atoms with Crippen LogP contribution < -0.4 is 10.5 Å². The molecule has 0 spiro atoms. The van der Waals surface area contributed by atoms with Gasteiger partial charge in [0, 0.05) is 11.8 Å². The van der Waals surface area contributed by atoms with E-state index in [2.05, 4.69) is 0 Å². The summed E-state index contributed by atoms with van der Waals surface area (Å²) in [6.07, 6.45) is 2.69. The fourth-order valence-electron chi connectivity index (χ4n) is 1.07. The highest BCUT2D eigenvalue weighted by Gasteiger charge is 2.17. The van der Waals surface area contributed by atoms with Gasteiger partial charge in [-0.1, -0.05) is 12.1 Å². The number of nitrogens with two attached hydrogens (primary N) is 1. The number of rotatable bonds is 4. The second kappa shape index (κ2) is 5.68. The first kappa shape index (κ1) is 14.2. The van der Waals surface area contributed by atoms with Gasteiger partial charge in [0.1, 0.15) is 0 Å². The molecule has 1 aromatic rings. The Labute approximate surface area is 107 Å². The van der Waals surface area contributed by atoms with Crippen LogP contribution in [0.2, 0.25) is 0 Å². The first-order valence-corrected chi connectivity index (χ1v) is 6.95. The van der Waals surface area contributed by atoms with Crippen molar-refractivity contribution in [1.29, 1.82) is 0 Å². The third-order valence-electron chi connectivity index (χ3n) is 2.23. The van der Waals surface area contributed by atoms with Crippen molar-refractivity contribution in [3.63, 3.8) is 0 Å². The molecule has 5 nitrogen and oxygen atoms in total. The van der Waals surface area contributed by atoms with E-state index in [4.69, 9.17) is 5.73 Å². The van der Waals surface area contributed by atoms with Gasteiger partial charge >= 0.3 is 0 Å². The highest BCUT2D eigenvalue weighted by atomic mass is 32.2. The second-order valence-electron chi connectivity index (χ2n) is 4.06. The summed E-state index contributed by atoms with van der Waals surface area (Å²) >= 11 is 0. The van der Waals surface area contributed by atoms with Gasteiger partial charge in [0.2, 0.25) is 10.0 Å². The van der Waals surface area contributed by atoms with E-state index >= 15 is 0 Å². The molecule has 0 aliphatic carbocycles. The Hall–Kier alpha value is -1.82. The van der Waals surface area contributed by atoms with Gasteiger partial charge < -0.3 is 5.73 Å². The zero-order valence-corrected chi connectivity index (χ0v) is 11.1. The molecule has 0 aliphatic heterocycles. The van der Waals surface area contributed by atoms with Gasteiger partial charge in [0.25, 0.3) is 5.91 Å². The SMILES string of the molecule is CC(C)S(=O)(=O)NC(=O)/C=C/c1ccc(N)cc1. The van der Waals surface area contributed by atoms with E-state index in [1.54, 1.807) is 24.3 Å². The maximum atomic E-state index is 11.4. The van der Waals surface area contributed by atoms with Crippen LogP contribution >= 0.6 is 0 Å². The number of carbonyl (C=O) groups is 1. The summed E-state index contributed by atoms with van der Waals surface area (Å²) in [6.45, 7) is 3.00. The summed E-state index contributed by atoms with van der Waals surface area (Å²) in [4.78, 5) is 11.4. The molecule has 0 atom stereocenters. The molecule has 0 aromatic heterocycles. The van der Waals surface area contributed by atoms with Gasteiger partial charge in [-0.3, -0.25) is 4.79 Å². The van der Waals surface area contributed by atoms with Gasteiger partial charge in [0.05, 0.1) is 5.25 Å². The Morgan fingerprint density at radius 2 is 1.83 bits per heavy atom. The number of nitrogen functional groups attached to an aromatic ring is 1. The van der Waals surface area contributed by atoms with Crippen LogP contribution in [0.5, 0.6) is 0 Å². The quantitative estimate of drug-likeness (QED) is 0.633. The summed E-state index contributed by atoms with van der Waals surface area (Å²) in [7, 11) is -3.58. The van der Waals surface area contributed by atoms with Gasteiger partial charge in [-0.25, -0.2) is 13.1 Å². The fraction of sp³-hybridized carbons (Fsp3) is 0.250. The summed E-state index contributed by atoms with van der Waals surface area (Å²) in [6, 6.07) is 6.86. The average Bonchev–Trinajstić information content (AvgIpc) is 2.27. The molecule has 0 radical (unpaired) electrons. The Balaban J connectivity index is 2.68. The molecule has 3 N–H and O–H groups in total. The standard InChI is InChI=1S/C12H16N2O3S/c1-9(2)18(16,17)14-12(15)8-5-10-3-6-11(13)7-4-10/h3-9H,13H2,1-2H3,(H,14,15)/b8-5+. The van der Waals surface area contributed by atoms with Crippen molar-refractivity contribution in [2.45, 2.75) is 19.1 Å². The highest BCUT2D eigenvalue weighted by Crippen LogP contribution is 2.07. The number of anilines is 1. The number of sulfonamides is 1. The molecule has 1 aromatic carbocycles. The number of benzene rings is 1. The lowest BCUT2D eigenvalue weighted by Gasteiger charge is -2.06. The minimum absolute atomic E-state index is 0.624. The molecule has 0 bridgehead atoms. The Bertz CT molecular complexity index is 545. The van der Waals surface area contributed by atoms with E-state index in [-0.39, 0.29) is 0 Å². The van der Waals surface area contributed by atoms with Crippen LogP contribution in [0, 0.1) is 0 Å². The lowest BCUT2D eigenvalue weighted by atomic mass is 10.2. The van der Waals surface area contributed by atoms with E-state index in [9.17, 15) is 13.2 Å². The lowest BCUT2D eigenvalue weighted by Crippen LogP contribution is -2.34. The molecule has 0 heterocycles. The van der Waals surface area contributed by atoms with Crippen molar-refractivity contribution in [2.24, 2.45) is 0 Å². The third kappa shape index (κ3) is 4.21. The largest absolute Gasteiger partial charge is 0.399 e. The molecule has 1 rings (SSSR count). The van der Waals surface area contributed by atoms with Crippen molar-refractivity contribution < 1.29 is 13.2 Å². The van der Waals surface area contributed by atoms with Crippen molar-refractivity contribution in [1.82, 2.24) is 4.72 Å².